The third-order valence-corrected chi connectivity index (χ3v) is 5.27. The summed E-state index contributed by atoms with van der Waals surface area (Å²) in [6, 6.07) is 12.7. The van der Waals surface area contributed by atoms with Crippen LogP contribution in [0.25, 0.3) is 0 Å². The zero-order valence-electron chi connectivity index (χ0n) is 15.5. The Bertz CT molecular complexity index is 1030. The van der Waals surface area contributed by atoms with Crippen LogP contribution >= 0.6 is 15.9 Å². The quantitative estimate of drug-likeness (QED) is 0.555. The Balaban J connectivity index is 1.79. The van der Waals surface area contributed by atoms with Crippen LogP contribution in [0.1, 0.15) is 0 Å². The summed E-state index contributed by atoms with van der Waals surface area (Å²) >= 11 is 3.34. The first kappa shape index (κ1) is 19.0. The first-order valence-corrected chi connectivity index (χ1v) is 9.42. The second kappa shape index (κ2) is 7.25. The van der Waals surface area contributed by atoms with E-state index in [1.54, 1.807) is 55.6 Å². The minimum Gasteiger partial charge on any atom is -0.497 e. The molecule has 0 bridgehead atoms. The minimum absolute atomic E-state index is 0.0497. The smallest absolute Gasteiger partial charge is 0.356 e. The van der Waals surface area contributed by atoms with Gasteiger partial charge < -0.3 is 9.47 Å². The van der Waals surface area contributed by atoms with Gasteiger partial charge in [0.15, 0.2) is 11.7 Å². The first-order valence-electron chi connectivity index (χ1n) is 8.62. The molecule has 4 rings (SSSR count). The van der Waals surface area contributed by atoms with Crippen molar-refractivity contribution in [1.29, 1.82) is 0 Å². The van der Waals surface area contributed by atoms with E-state index in [4.69, 9.17) is 9.47 Å². The molecule has 29 heavy (non-hydrogen) atoms. The normalized spacial score (nSPS) is 18.1. The zero-order chi connectivity index (χ0) is 20.7. The lowest BCUT2D eigenvalue weighted by Crippen LogP contribution is -2.46. The van der Waals surface area contributed by atoms with Crippen molar-refractivity contribution in [1.82, 2.24) is 5.43 Å². The second-order valence-electron chi connectivity index (χ2n) is 6.32. The molecule has 148 valence electrons. The molecule has 1 fully saturated rings. The van der Waals surface area contributed by atoms with Crippen molar-refractivity contribution < 1.29 is 23.9 Å². The number of nitrogens with one attached hydrogen (secondary N) is 1. The largest absolute Gasteiger partial charge is 0.497 e. The van der Waals surface area contributed by atoms with Crippen molar-refractivity contribution in [3.8, 4) is 5.75 Å². The van der Waals surface area contributed by atoms with E-state index in [1.165, 1.54) is 12.1 Å². The molecule has 8 nitrogen and oxygen atoms in total. The number of hydrogen-bond donors (Lipinski definition) is 1. The molecule has 2 aliphatic rings. The van der Waals surface area contributed by atoms with E-state index in [0.717, 1.165) is 9.37 Å². The fourth-order valence-corrected chi connectivity index (χ4v) is 3.62. The van der Waals surface area contributed by atoms with E-state index in [-0.39, 0.29) is 11.3 Å². The monoisotopic (exact) mass is 457 g/mol. The van der Waals surface area contributed by atoms with Gasteiger partial charge in [-0.3, -0.25) is 20.0 Å². The van der Waals surface area contributed by atoms with Crippen LogP contribution in [0.15, 0.2) is 64.3 Å². The lowest BCUT2D eigenvalue weighted by Gasteiger charge is -2.26. The molecule has 1 saturated heterocycles. The molecule has 1 N–H and O–H groups in total. The number of hydrazine groups is 1. The number of carbonyl (C=O) groups excluding carboxylic acids is 3. The zero-order valence-corrected chi connectivity index (χ0v) is 17.1. The average molecular weight is 458 g/mol. The summed E-state index contributed by atoms with van der Waals surface area (Å²) in [4.78, 5) is 39.8. The summed E-state index contributed by atoms with van der Waals surface area (Å²) < 4.78 is 10.8. The fraction of sp³-hybridized carbons (Fsp3) is 0.150. The summed E-state index contributed by atoms with van der Waals surface area (Å²) in [5, 5.41) is 1.49. The van der Waals surface area contributed by atoms with E-state index in [0.29, 0.717) is 17.1 Å². The van der Waals surface area contributed by atoms with Crippen molar-refractivity contribution >= 4 is 45.1 Å². The highest BCUT2D eigenvalue weighted by Crippen LogP contribution is 2.37. The number of esters is 1. The van der Waals surface area contributed by atoms with Gasteiger partial charge in [-0.25, -0.2) is 9.69 Å². The molecule has 0 spiro atoms. The molecule has 0 radical (unpaired) electrons. The highest BCUT2D eigenvalue weighted by Gasteiger charge is 2.54. The molecule has 9 heteroatoms. The standard InChI is InChI=1S/C20H16BrN3O5/c1-28-14-9-7-13(8-10-14)24-17-15(16(22-24)20(27)29-2)18(25)23(19(17)26)12-5-3-11(21)4-6-12/h3-10,17,22H,1-2H3. The van der Waals surface area contributed by atoms with Gasteiger partial charge in [0.25, 0.3) is 11.8 Å². The van der Waals surface area contributed by atoms with Gasteiger partial charge in [0, 0.05) is 4.47 Å². The molecule has 0 aromatic heterocycles. The Morgan fingerprint density at radius 2 is 1.62 bits per heavy atom. The number of methoxy groups -OCH3 is 2. The van der Waals surface area contributed by atoms with E-state index in [2.05, 4.69) is 21.4 Å². The van der Waals surface area contributed by atoms with Crippen molar-refractivity contribution in [3.63, 3.8) is 0 Å². The molecule has 2 aliphatic heterocycles. The summed E-state index contributed by atoms with van der Waals surface area (Å²) in [5.74, 6) is -1.11. The molecular formula is C20H16BrN3O5. The maximum Gasteiger partial charge on any atom is 0.356 e. The minimum atomic E-state index is -0.992. The van der Waals surface area contributed by atoms with Crippen LogP contribution in [0.3, 0.4) is 0 Å². The van der Waals surface area contributed by atoms with Crippen LogP contribution < -0.4 is 20.1 Å². The van der Waals surface area contributed by atoms with Crippen LogP contribution in [-0.4, -0.2) is 38.0 Å². The molecule has 2 aromatic carbocycles. The number of fused-ring (bicyclic) bond motifs is 1. The maximum absolute atomic E-state index is 13.2. The van der Waals surface area contributed by atoms with Gasteiger partial charge in [-0.15, -0.1) is 0 Å². The Hall–Kier alpha value is -3.33. The summed E-state index contributed by atoms with van der Waals surface area (Å²) in [7, 11) is 2.77. The van der Waals surface area contributed by atoms with Crippen LogP contribution in [0, 0.1) is 0 Å². The fourth-order valence-electron chi connectivity index (χ4n) is 3.36. The topological polar surface area (TPSA) is 88.2 Å². The number of benzene rings is 2. The third kappa shape index (κ3) is 3.03. The first-order chi connectivity index (χ1) is 14.0. The lowest BCUT2D eigenvalue weighted by atomic mass is 10.1. The number of anilines is 2. The van der Waals surface area contributed by atoms with Crippen molar-refractivity contribution in [3.05, 3.63) is 64.3 Å². The second-order valence-corrected chi connectivity index (χ2v) is 7.23. The number of halogens is 1. The Labute approximate surface area is 174 Å². The van der Waals surface area contributed by atoms with E-state index in [9.17, 15) is 14.4 Å². The van der Waals surface area contributed by atoms with Crippen molar-refractivity contribution in [2.75, 3.05) is 24.1 Å². The van der Waals surface area contributed by atoms with Crippen molar-refractivity contribution in [2.24, 2.45) is 0 Å². The number of rotatable bonds is 4. The lowest BCUT2D eigenvalue weighted by molar-refractivity contribution is -0.136. The molecule has 2 amide bonds. The number of hydrogen-bond acceptors (Lipinski definition) is 7. The van der Waals surface area contributed by atoms with Gasteiger partial charge in [-0.05, 0) is 48.5 Å². The van der Waals surface area contributed by atoms with Crippen molar-refractivity contribution in [2.45, 2.75) is 6.04 Å². The SMILES string of the molecule is COC(=O)C1=C2C(=O)N(c3ccc(Br)cc3)C(=O)C2N(c2ccc(OC)cc2)N1. The van der Waals surface area contributed by atoms with E-state index in [1.807, 2.05) is 0 Å². The average Bonchev–Trinajstić information content (AvgIpc) is 3.25. The summed E-state index contributed by atoms with van der Waals surface area (Å²) in [6.45, 7) is 0. The third-order valence-electron chi connectivity index (χ3n) is 4.75. The predicted octanol–water partition coefficient (Wildman–Crippen LogP) is 2.15. The molecule has 1 unspecified atom stereocenters. The van der Waals surface area contributed by atoms with E-state index >= 15 is 0 Å². The Morgan fingerprint density at radius 1 is 1.00 bits per heavy atom. The molecule has 2 aromatic rings. The highest BCUT2D eigenvalue weighted by atomic mass is 79.9. The number of ether oxygens (including phenoxy) is 2. The molecule has 0 saturated carbocycles. The summed E-state index contributed by atoms with van der Waals surface area (Å²) in [6.07, 6.45) is 0. The van der Waals surface area contributed by atoms with Crippen LogP contribution in [0.2, 0.25) is 0 Å². The van der Waals surface area contributed by atoms with Crippen LogP contribution in [-0.2, 0) is 19.1 Å². The molecule has 0 aliphatic carbocycles. The highest BCUT2D eigenvalue weighted by molar-refractivity contribution is 9.10. The Kier molecular flexibility index (Phi) is 4.75. The Morgan fingerprint density at radius 3 is 2.21 bits per heavy atom. The van der Waals surface area contributed by atoms with Gasteiger partial charge in [0.2, 0.25) is 0 Å². The van der Waals surface area contributed by atoms with Gasteiger partial charge >= 0.3 is 5.97 Å². The summed E-state index contributed by atoms with van der Waals surface area (Å²) in [5.41, 5.74) is 3.88. The van der Waals surface area contributed by atoms with E-state index < -0.39 is 23.8 Å². The van der Waals surface area contributed by atoms with Crippen LogP contribution in [0.5, 0.6) is 5.75 Å². The number of amides is 2. The number of imide groups is 1. The molecule has 2 heterocycles. The maximum atomic E-state index is 13.2. The molecular weight excluding hydrogens is 442 g/mol. The van der Waals surface area contributed by atoms with Gasteiger partial charge in [-0.1, -0.05) is 15.9 Å². The number of nitrogens with zero attached hydrogens (tertiary/aromatic N) is 2. The van der Waals surface area contributed by atoms with Gasteiger partial charge in [0.05, 0.1) is 31.2 Å². The number of carbonyl (C=O) groups is 3. The predicted molar refractivity (Wildman–Crippen MR) is 108 cm³/mol. The van der Waals surface area contributed by atoms with Gasteiger partial charge in [-0.2, -0.15) is 0 Å². The van der Waals surface area contributed by atoms with Crippen LogP contribution in [0.4, 0.5) is 11.4 Å². The molecule has 1 atom stereocenters. The van der Waals surface area contributed by atoms with Gasteiger partial charge in [0.1, 0.15) is 5.75 Å².